The summed E-state index contributed by atoms with van der Waals surface area (Å²) in [5, 5.41) is 9.90. The number of carboxylic acids is 1. The molecule has 2 fully saturated rings. The third-order valence-corrected chi connectivity index (χ3v) is 9.29. The number of rotatable bonds is 8. The highest BCUT2D eigenvalue weighted by Crippen LogP contribution is 2.34. The van der Waals surface area contributed by atoms with Crippen LogP contribution in [0.25, 0.3) is 6.08 Å². The van der Waals surface area contributed by atoms with Gasteiger partial charge in [0.15, 0.2) is 4.75 Å². The first-order chi connectivity index (χ1) is 15.2. The molecule has 3 rings (SSSR count). The van der Waals surface area contributed by atoms with Crippen molar-refractivity contribution in [3.8, 4) is 0 Å². The predicted molar refractivity (Wildman–Crippen MR) is 125 cm³/mol. The standard InChI is InChI=1S/C23H34FN3O4S/c1-3-5-6-7-19-8-9-20(18-21(19)24)26-14-16-27(17-15-26)32(30,31)23(22(28)29)10-12-25(4-2)13-11-23/h6-9,18H,3-5,10-17H2,1-2H3,(H,28,29). The van der Waals surface area contributed by atoms with Crippen LogP contribution in [0.3, 0.4) is 0 Å². The van der Waals surface area contributed by atoms with Crippen molar-refractivity contribution < 1.29 is 22.7 Å². The molecule has 7 nitrogen and oxygen atoms in total. The Morgan fingerprint density at radius 3 is 2.31 bits per heavy atom. The number of benzene rings is 1. The summed E-state index contributed by atoms with van der Waals surface area (Å²) in [7, 11) is -4.01. The second kappa shape index (κ2) is 10.3. The molecule has 0 amide bonds. The summed E-state index contributed by atoms with van der Waals surface area (Å²) >= 11 is 0. The van der Waals surface area contributed by atoms with E-state index in [2.05, 4.69) is 11.8 Å². The van der Waals surface area contributed by atoms with E-state index >= 15 is 0 Å². The lowest BCUT2D eigenvalue weighted by molar-refractivity contribution is -0.141. The SMILES string of the molecule is CCCC=Cc1ccc(N2CCN(S(=O)(=O)C3(C(=O)O)CCN(CC)CC3)CC2)cc1F. The van der Waals surface area contributed by atoms with Gasteiger partial charge in [-0.25, -0.2) is 12.8 Å². The molecule has 2 heterocycles. The molecule has 178 valence electrons. The molecule has 0 aliphatic carbocycles. The second-order valence-electron chi connectivity index (χ2n) is 8.52. The van der Waals surface area contributed by atoms with Crippen LogP contribution in [-0.4, -0.2) is 79.3 Å². The van der Waals surface area contributed by atoms with Crippen molar-refractivity contribution in [3.05, 3.63) is 35.7 Å². The molecule has 0 unspecified atom stereocenters. The lowest BCUT2D eigenvalue weighted by atomic mass is 9.96. The summed E-state index contributed by atoms with van der Waals surface area (Å²) in [6, 6.07) is 5.06. The van der Waals surface area contributed by atoms with E-state index in [9.17, 15) is 22.7 Å². The van der Waals surface area contributed by atoms with Crippen molar-refractivity contribution in [1.29, 1.82) is 0 Å². The van der Waals surface area contributed by atoms with Crippen molar-refractivity contribution in [2.45, 2.75) is 44.3 Å². The Bertz CT molecular complexity index is 935. The van der Waals surface area contributed by atoms with Gasteiger partial charge in [-0.2, -0.15) is 4.31 Å². The molecular formula is C23H34FN3O4S. The minimum absolute atomic E-state index is 0.0942. The van der Waals surface area contributed by atoms with Crippen molar-refractivity contribution in [3.63, 3.8) is 0 Å². The number of likely N-dealkylation sites (tertiary alicyclic amines) is 1. The number of allylic oxidation sites excluding steroid dienone is 1. The summed E-state index contributed by atoms with van der Waals surface area (Å²) in [4.78, 5) is 16.1. The van der Waals surface area contributed by atoms with Crippen molar-refractivity contribution in [1.82, 2.24) is 9.21 Å². The van der Waals surface area contributed by atoms with Crippen LogP contribution in [0.15, 0.2) is 24.3 Å². The fourth-order valence-corrected chi connectivity index (χ4v) is 6.53. The third-order valence-electron chi connectivity index (χ3n) is 6.67. The summed E-state index contributed by atoms with van der Waals surface area (Å²) in [6.45, 7) is 6.90. The smallest absolute Gasteiger partial charge is 0.326 e. The van der Waals surface area contributed by atoms with E-state index in [1.807, 2.05) is 24.0 Å². The number of carboxylic acid groups (broad SMARTS) is 1. The molecule has 2 aliphatic heterocycles. The fourth-order valence-electron chi connectivity index (χ4n) is 4.47. The van der Waals surface area contributed by atoms with Crippen LogP contribution in [0, 0.1) is 5.82 Å². The van der Waals surface area contributed by atoms with E-state index in [-0.39, 0.29) is 31.7 Å². The van der Waals surface area contributed by atoms with Gasteiger partial charge in [-0.1, -0.05) is 32.4 Å². The summed E-state index contributed by atoms with van der Waals surface area (Å²) < 4.78 is 40.9. The van der Waals surface area contributed by atoms with E-state index < -0.39 is 20.7 Å². The van der Waals surface area contributed by atoms with Crippen LogP contribution >= 0.6 is 0 Å². The van der Waals surface area contributed by atoms with Gasteiger partial charge in [-0.05, 0) is 44.0 Å². The zero-order chi connectivity index (χ0) is 23.4. The van der Waals surface area contributed by atoms with E-state index in [0.29, 0.717) is 37.4 Å². The first-order valence-corrected chi connectivity index (χ1v) is 12.9. The molecule has 0 bridgehead atoms. The first kappa shape index (κ1) is 24.7. The number of sulfonamides is 1. The maximum Gasteiger partial charge on any atom is 0.326 e. The Hall–Kier alpha value is -1.97. The van der Waals surface area contributed by atoms with Crippen molar-refractivity contribution in [2.75, 3.05) is 50.7 Å². The molecule has 1 N–H and O–H groups in total. The Morgan fingerprint density at radius 2 is 1.78 bits per heavy atom. The van der Waals surface area contributed by atoms with E-state index in [1.54, 1.807) is 12.1 Å². The minimum atomic E-state index is -4.01. The number of unbranched alkanes of at least 4 members (excludes halogenated alkanes) is 1. The topological polar surface area (TPSA) is 81.2 Å². The number of piperidine rings is 1. The van der Waals surface area contributed by atoms with Gasteiger partial charge in [0.25, 0.3) is 0 Å². The average molecular weight is 468 g/mol. The molecule has 1 aromatic rings. The Balaban J connectivity index is 1.69. The summed E-state index contributed by atoms with van der Waals surface area (Å²) in [5.41, 5.74) is 1.24. The summed E-state index contributed by atoms with van der Waals surface area (Å²) in [5.74, 6) is -1.57. The molecule has 0 radical (unpaired) electrons. The maximum atomic E-state index is 14.5. The Labute approximate surface area is 190 Å². The van der Waals surface area contributed by atoms with E-state index in [0.717, 1.165) is 19.4 Å². The highest BCUT2D eigenvalue weighted by atomic mass is 32.2. The monoisotopic (exact) mass is 467 g/mol. The largest absolute Gasteiger partial charge is 0.480 e. The van der Waals surface area contributed by atoms with Crippen LogP contribution in [0.1, 0.15) is 45.1 Å². The Morgan fingerprint density at radius 1 is 1.12 bits per heavy atom. The summed E-state index contributed by atoms with van der Waals surface area (Å²) in [6.07, 6.45) is 5.82. The number of aliphatic carboxylic acids is 1. The molecule has 0 saturated carbocycles. The van der Waals surface area contributed by atoms with Crippen LogP contribution in [0.4, 0.5) is 10.1 Å². The molecule has 9 heteroatoms. The van der Waals surface area contributed by atoms with Gasteiger partial charge in [-0.15, -0.1) is 0 Å². The number of piperazine rings is 1. The molecule has 32 heavy (non-hydrogen) atoms. The molecule has 0 atom stereocenters. The average Bonchev–Trinajstić information content (AvgIpc) is 2.80. The van der Waals surface area contributed by atoms with Crippen LogP contribution in [-0.2, 0) is 14.8 Å². The molecule has 1 aromatic carbocycles. The number of halogens is 1. The Kier molecular flexibility index (Phi) is 7.95. The highest BCUT2D eigenvalue weighted by molar-refractivity contribution is 7.91. The van der Waals surface area contributed by atoms with E-state index in [4.69, 9.17) is 0 Å². The van der Waals surface area contributed by atoms with Crippen LogP contribution in [0.5, 0.6) is 0 Å². The number of hydrogen-bond donors (Lipinski definition) is 1. The lowest BCUT2D eigenvalue weighted by Gasteiger charge is -2.43. The van der Waals surface area contributed by atoms with Crippen molar-refractivity contribution in [2.24, 2.45) is 0 Å². The van der Waals surface area contributed by atoms with Gasteiger partial charge in [0.2, 0.25) is 10.0 Å². The lowest BCUT2D eigenvalue weighted by Crippen LogP contribution is -2.61. The van der Waals surface area contributed by atoms with Gasteiger partial charge in [0, 0.05) is 50.5 Å². The number of carbonyl (C=O) groups is 1. The minimum Gasteiger partial charge on any atom is -0.480 e. The molecule has 2 aliphatic rings. The molecule has 0 spiro atoms. The van der Waals surface area contributed by atoms with Gasteiger partial charge in [0.1, 0.15) is 5.82 Å². The predicted octanol–water partition coefficient (Wildman–Crippen LogP) is 3.03. The third kappa shape index (κ3) is 4.84. The van der Waals surface area contributed by atoms with Gasteiger partial charge < -0.3 is 14.9 Å². The van der Waals surface area contributed by atoms with Gasteiger partial charge in [-0.3, -0.25) is 4.79 Å². The van der Waals surface area contributed by atoms with E-state index in [1.165, 1.54) is 10.4 Å². The zero-order valence-corrected chi connectivity index (χ0v) is 19.8. The second-order valence-corrected chi connectivity index (χ2v) is 10.8. The van der Waals surface area contributed by atoms with Crippen molar-refractivity contribution >= 4 is 27.8 Å². The number of anilines is 1. The fraction of sp³-hybridized carbons (Fsp3) is 0.609. The van der Waals surface area contributed by atoms with Gasteiger partial charge >= 0.3 is 5.97 Å². The normalized spacial score (nSPS) is 20.7. The number of hydrogen-bond acceptors (Lipinski definition) is 5. The maximum absolute atomic E-state index is 14.5. The highest BCUT2D eigenvalue weighted by Gasteiger charge is 2.55. The molecule has 0 aromatic heterocycles. The number of nitrogens with zero attached hydrogens (tertiary/aromatic N) is 3. The van der Waals surface area contributed by atoms with Gasteiger partial charge in [0.05, 0.1) is 0 Å². The first-order valence-electron chi connectivity index (χ1n) is 11.4. The zero-order valence-electron chi connectivity index (χ0n) is 19.0. The quantitative estimate of drug-likeness (QED) is 0.633. The van der Waals surface area contributed by atoms with Crippen LogP contribution < -0.4 is 4.90 Å². The molecule has 2 saturated heterocycles. The molecular weight excluding hydrogens is 433 g/mol. The van der Waals surface area contributed by atoms with Crippen LogP contribution in [0.2, 0.25) is 0 Å².